The molecule has 2 aromatic rings. The van der Waals surface area contributed by atoms with Crippen LogP contribution >= 0.6 is 15.9 Å². The van der Waals surface area contributed by atoms with E-state index in [4.69, 9.17) is 4.74 Å². The summed E-state index contributed by atoms with van der Waals surface area (Å²) in [7, 11) is 0. The molecule has 104 valence electrons. The SMILES string of the molecule is Cc1ccc(C)c(C(=O)COCc2cccc(Br)c2)c1. The lowest BCUT2D eigenvalue weighted by Crippen LogP contribution is -2.10. The van der Waals surface area contributed by atoms with Gasteiger partial charge in [0.2, 0.25) is 0 Å². The zero-order valence-corrected chi connectivity index (χ0v) is 13.2. The number of hydrogen-bond donors (Lipinski definition) is 0. The van der Waals surface area contributed by atoms with Crippen LogP contribution in [0.25, 0.3) is 0 Å². The summed E-state index contributed by atoms with van der Waals surface area (Å²) in [5.74, 6) is 0.0289. The fourth-order valence-corrected chi connectivity index (χ4v) is 2.45. The number of hydrogen-bond acceptors (Lipinski definition) is 2. The fourth-order valence-electron chi connectivity index (χ4n) is 2.00. The zero-order chi connectivity index (χ0) is 14.5. The molecule has 0 spiro atoms. The molecular weight excluding hydrogens is 316 g/mol. The summed E-state index contributed by atoms with van der Waals surface area (Å²) in [6, 6.07) is 13.8. The van der Waals surface area contributed by atoms with E-state index in [1.807, 2.05) is 56.3 Å². The summed E-state index contributed by atoms with van der Waals surface area (Å²) in [6.45, 7) is 4.48. The molecule has 0 N–H and O–H groups in total. The molecule has 0 unspecified atom stereocenters. The van der Waals surface area contributed by atoms with Gasteiger partial charge in [-0.15, -0.1) is 0 Å². The number of ether oxygens (including phenoxy) is 1. The molecule has 0 aromatic heterocycles. The van der Waals surface area contributed by atoms with Gasteiger partial charge in [-0.25, -0.2) is 0 Å². The van der Waals surface area contributed by atoms with Gasteiger partial charge in [0.1, 0.15) is 6.61 Å². The standard InChI is InChI=1S/C17H17BrO2/c1-12-6-7-13(2)16(8-12)17(19)11-20-10-14-4-3-5-15(18)9-14/h3-9H,10-11H2,1-2H3. The molecule has 0 fully saturated rings. The molecule has 0 bridgehead atoms. The maximum atomic E-state index is 12.1. The van der Waals surface area contributed by atoms with Crippen LogP contribution in [0.3, 0.4) is 0 Å². The lowest BCUT2D eigenvalue weighted by Gasteiger charge is -2.07. The van der Waals surface area contributed by atoms with E-state index in [1.54, 1.807) is 0 Å². The van der Waals surface area contributed by atoms with Crippen molar-refractivity contribution in [3.8, 4) is 0 Å². The highest BCUT2D eigenvalue weighted by molar-refractivity contribution is 9.10. The molecule has 0 radical (unpaired) electrons. The van der Waals surface area contributed by atoms with E-state index in [1.165, 1.54) is 0 Å². The average molecular weight is 333 g/mol. The van der Waals surface area contributed by atoms with Crippen LogP contribution < -0.4 is 0 Å². The van der Waals surface area contributed by atoms with E-state index in [0.717, 1.165) is 26.7 Å². The second kappa shape index (κ2) is 6.82. The van der Waals surface area contributed by atoms with E-state index in [2.05, 4.69) is 15.9 Å². The van der Waals surface area contributed by atoms with Crippen molar-refractivity contribution in [2.45, 2.75) is 20.5 Å². The van der Waals surface area contributed by atoms with Crippen molar-refractivity contribution in [3.05, 3.63) is 69.2 Å². The Morgan fingerprint density at radius 1 is 1.15 bits per heavy atom. The molecule has 0 saturated heterocycles. The molecule has 20 heavy (non-hydrogen) atoms. The number of aryl methyl sites for hydroxylation is 2. The minimum Gasteiger partial charge on any atom is -0.369 e. The van der Waals surface area contributed by atoms with Gasteiger partial charge in [0.15, 0.2) is 5.78 Å². The second-order valence-corrected chi connectivity index (χ2v) is 5.78. The van der Waals surface area contributed by atoms with E-state index < -0.39 is 0 Å². The second-order valence-electron chi connectivity index (χ2n) is 4.86. The Balaban J connectivity index is 1.94. The minimum atomic E-state index is 0.0289. The van der Waals surface area contributed by atoms with Gasteiger partial charge in [-0.3, -0.25) is 4.79 Å². The zero-order valence-electron chi connectivity index (χ0n) is 11.7. The van der Waals surface area contributed by atoms with E-state index in [9.17, 15) is 4.79 Å². The maximum Gasteiger partial charge on any atom is 0.188 e. The molecule has 2 rings (SSSR count). The Bertz CT molecular complexity index is 620. The first-order valence-corrected chi connectivity index (χ1v) is 7.28. The summed E-state index contributed by atoms with van der Waals surface area (Å²) >= 11 is 3.41. The van der Waals surface area contributed by atoms with Gasteiger partial charge >= 0.3 is 0 Å². The lowest BCUT2D eigenvalue weighted by atomic mass is 10.0. The van der Waals surface area contributed by atoms with Crippen molar-refractivity contribution in [1.82, 2.24) is 0 Å². The highest BCUT2D eigenvalue weighted by Gasteiger charge is 2.09. The van der Waals surface area contributed by atoms with Crippen molar-refractivity contribution in [1.29, 1.82) is 0 Å². The first-order valence-electron chi connectivity index (χ1n) is 6.49. The van der Waals surface area contributed by atoms with Crippen LogP contribution in [0.2, 0.25) is 0 Å². The van der Waals surface area contributed by atoms with Crippen LogP contribution in [-0.4, -0.2) is 12.4 Å². The summed E-state index contributed by atoms with van der Waals surface area (Å²) in [5.41, 5.74) is 3.88. The predicted molar refractivity (Wildman–Crippen MR) is 84.0 cm³/mol. The first-order chi connectivity index (χ1) is 9.56. The smallest absolute Gasteiger partial charge is 0.188 e. The number of benzene rings is 2. The van der Waals surface area contributed by atoms with E-state index in [0.29, 0.717) is 6.61 Å². The van der Waals surface area contributed by atoms with Gasteiger partial charge < -0.3 is 4.74 Å². The van der Waals surface area contributed by atoms with Gasteiger partial charge in [-0.05, 0) is 43.2 Å². The van der Waals surface area contributed by atoms with Crippen LogP contribution in [0.5, 0.6) is 0 Å². The molecule has 2 nitrogen and oxygen atoms in total. The van der Waals surface area contributed by atoms with Gasteiger partial charge in [-0.1, -0.05) is 45.8 Å². The molecule has 0 amide bonds. The largest absolute Gasteiger partial charge is 0.369 e. The molecule has 0 heterocycles. The van der Waals surface area contributed by atoms with E-state index in [-0.39, 0.29) is 12.4 Å². The molecule has 2 aromatic carbocycles. The minimum absolute atomic E-state index is 0.0289. The highest BCUT2D eigenvalue weighted by atomic mass is 79.9. The third-order valence-corrected chi connectivity index (χ3v) is 3.58. The molecule has 3 heteroatoms. The van der Waals surface area contributed by atoms with Gasteiger partial charge in [0, 0.05) is 10.0 Å². The third-order valence-electron chi connectivity index (χ3n) is 3.08. The molecular formula is C17H17BrO2. The third kappa shape index (κ3) is 4.02. The van der Waals surface area contributed by atoms with Crippen LogP contribution in [0.4, 0.5) is 0 Å². The van der Waals surface area contributed by atoms with Crippen LogP contribution in [0.1, 0.15) is 27.0 Å². The molecule has 0 aliphatic rings. The summed E-state index contributed by atoms with van der Waals surface area (Å²) in [6.07, 6.45) is 0. The van der Waals surface area contributed by atoms with Crippen molar-refractivity contribution in [2.75, 3.05) is 6.61 Å². The van der Waals surface area contributed by atoms with Gasteiger partial charge in [0.05, 0.1) is 6.61 Å². The number of Topliss-reactive ketones (excluding diaryl/α,β-unsaturated/α-hetero) is 1. The van der Waals surface area contributed by atoms with Crippen molar-refractivity contribution >= 4 is 21.7 Å². The van der Waals surface area contributed by atoms with Crippen molar-refractivity contribution < 1.29 is 9.53 Å². The Kier molecular flexibility index (Phi) is 5.10. The summed E-state index contributed by atoms with van der Waals surface area (Å²) < 4.78 is 6.53. The Hall–Kier alpha value is -1.45. The van der Waals surface area contributed by atoms with Gasteiger partial charge in [0.25, 0.3) is 0 Å². The quantitative estimate of drug-likeness (QED) is 0.755. The Morgan fingerprint density at radius 2 is 1.95 bits per heavy atom. The number of ketones is 1. The molecule has 0 aliphatic carbocycles. The summed E-state index contributed by atoms with van der Waals surface area (Å²) in [5, 5.41) is 0. The van der Waals surface area contributed by atoms with Crippen LogP contribution in [0.15, 0.2) is 46.9 Å². The van der Waals surface area contributed by atoms with Crippen molar-refractivity contribution in [2.24, 2.45) is 0 Å². The number of rotatable bonds is 5. The Morgan fingerprint density at radius 3 is 2.70 bits per heavy atom. The topological polar surface area (TPSA) is 26.3 Å². The summed E-state index contributed by atoms with van der Waals surface area (Å²) in [4.78, 5) is 12.1. The predicted octanol–water partition coefficient (Wildman–Crippen LogP) is 4.47. The number of carbonyl (C=O) groups excluding carboxylic acids is 1. The van der Waals surface area contributed by atoms with Gasteiger partial charge in [-0.2, -0.15) is 0 Å². The maximum absolute atomic E-state index is 12.1. The molecule has 0 aliphatic heterocycles. The number of halogens is 1. The Labute approximate surface area is 127 Å². The van der Waals surface area contributed by atoms with Crippen molar-refractivity contribution in [3.63, 3.8) is 0 Å². The first kappa shape index (κ1) is 14.9. The van der Waals surface area contributed by atoms with Crippen LogP contribution in [0, 0.1) is 13.8 Å². The van der Waals surface area contributed by atoms with E-state index >= 15 is 0 Å². The average Bonchev–Trinajstić information content (AvgIpc) is 2.41. The normalized spacial score (nSPS) is 10.6. The monoisotopic (exact) mass is 332 g/mol. The highest BCUT2D eigenvalue weighted by Crippen LogP contribution is 2.14. The number of carbonyl (C=O) groups is 1. The lowest BCUT2D eigenvalue weighted by molar-refractivity contribution is 0.0726. The molecule has 0 atom stereocenters. The fraction of sp³-hybridized carbons (Fsp3) is 0.235. The van der Waals surface area contributed by atoms with Crippen LogP contribution in [-0.2, 0) is 11.3 Å². The molecule has 0 saturated carbocycles.